The molecule has 0 spiro atoms. The van der Waals surface area contributed by atoms with Gasteiger partial charge in [-0.3, -0.25) is 5.01 Å². The fourth-order valence-corrected chi connectivity index (χ4v) is 4.53. The Kier molecular flexibility index (Phi) is 3.89. The van der Waals surface area contributed by atoms with E-state index in [1.165, 1.54) is 0 Å². The van der Waals surface area contributed by atoms with Gasteiger partial charge in [-0.05, 0) is 28.9 Å². The summed E-state index contributed by atoms with van der Waals surface area (Å²) in [4.78, 5) is 1.05. The molecule has 1 fully saturated rings. The first-order chi connectivity index (χ1) is 7.96. The van der Waals surface area contributed by atoms with E-state index >= 15 is 0 Å². The van der Waals surface area contributed by atoms with Crippen LogP contribution < -0.4 is 0 Å². The monoisotopic (exact) mass is 336 g/mol. The summed E-state index contributed by atoms with van der Waals surface area (Å²) in [6, 6.07) is 1.94. The third-order valence-electron chi connectivity index (χ3n) is 2.56. The molecule has 0 aliphatic carbocycles. The summed E-state index contributed by atoms with van der Waals surface area (Å²) in [6.45, 7) is 2.37. The number of rotatable bonds is 2. The second kappa shape index (κ2) is 5.07. The van der Waals surface area contributed by atoms with E-state index in [9.17, 15) is 8.42 Å². The van der Waals surface area contributed by atoms with Crippen LogP contribution in [0.25, 0.3) is 0 Å². The van der Waals surface area contributed by atoms with Gasteiger partial charge in [-0.1, -0.05) is 0 Å². The molecular weight excluding hydrogens is 324 g/mol. The van der Waals surface area contributed by atoms with Crippen molar-refractivity contribution in [1.82, 2.24) is 5.01 Å². The Hall–Kier alpha value is -0.400. The molecule has 1 aliphatic rings. The Balaban J connectivity index is 2.03. The quantitative estimate of drug-likeness (QED) is 0.776. The minimum absolute atomic E-state index is 0.0478. The van der Waals surface area contributed by atoms with Gasteiger partial charge in [-0.25, -0.2) is 8.42 Å². The van der Waals surface area contributed by atoms with E-state index in [4.69, 9.17) is 0 Å². The molecule has 0 bridgehead atoms. The minimum Gasteiger partial charge on any atom is -0.292 e. The van der Waals surface area contributed by atoms with Crippen molar-refractivity contribution in [3.8, 4) is 0 Å². The molecule has 1 aromatic heterocycles. The van der Waals surface area contributed by atoms with E-state index in [1.54, 1.807) is 17.6 Å². The number of thiophene rings is 1. The summed E-state index contributed by atoms with van der Waals surface area (Å²) in [5.74, 6) is 0.390. The fraction of sp³-hybridized carbons (Fsp3) is 0.500. The number of hydrazone groups is 1. The average Bonchev–Trinajstić information content (AvgIpc) is 2.62. The molecule has 1 saturated heterocycles. The van der Waals surface area contributed by atoms with Crippen LogP contribution in [0.5, 0.6) is 0 Å². The fourth-order valence-electron chi connectivity index (χ4n) is 1.69. The highest BCUT2D eigenvalue weighted by Crippen LogP contribution is 2.18. The molecule has 94 valence electrons. The number of sulfone groups is 1. The molecule has 17 heavy (non-hydrogen) atoms. The van der Waals surface area contributed by atoms with Crippen molar-refractivity contribution in [2.75, 3.05) is 18.1 Å². The van der Waals surface area contributed by atoms with Crippen molar-refractivity contribution in [2.24, 2.45) is 5.10 Å². The number of hydrogen-bond acceptors (Lipinski definition) is 5. The first-order valence-corrected chi connectivity index (χ1v) is 8.71. The molecule has 0 aromatic carbocycles. The van der Waals surface area contributed by atoms with Crippen LogP contribution in [0.3, 0.4) is 0 Å². The highest BCUT2D eigenvalue weighted by Gasteiger charge is 2.26. The van der Waals surface area contributed by atoms with Crippen LogP contribution in [0, 0.1) is 0 Å². The van der Waals surface area contributed by atoms with Gasteiger partial charge < -0.3 is 0 Å². The Morgan fingerprint density at radius 2 is 2.41 bits per heavy atom. The zero-order valence-corrected chi connectivity index (χ0v) is 12.6. The Morgan fingerprint density at radius 1 is 1.65 bits per heavy atom. The zero-order chi connectivity index (χ0) is 12.5. The third kappa shape index (κ3) is 3.53. The largest absolute Gasteiger partial charge is 0.292 e. The van der Waals surface area contributed by atoms with Gasteiger partial charge in [0.15, 0.2) is 9.84 Å². The molecule has 2 rings (SSSR count). The third-order valence-corrected chi connectivity index (χ3v) is 5.98. The number of halogens is 1. The summed E-state index contributed by atoms with van der Waals surface area (Å²) in [5, 5.41) is 8.18. The second-order valence-electron chi connectivity index (χ2n) is 4.04. The van der Waals surface area contributed by atoms with Gasteiger partial charge in [0.1, 0.15) is 0 Å². The van der Waals surface area contributed by atoms with E-state index in [0.29, 0.717) is 6.54 Å². The molecule has 0 N–H and O–H groups in total. The van der Waals surface area contributed by atoms with Crippen molar-refractivity contribution in [3.63, 3.8) is 0 Å². The predicted molar refractivity (Wildman–Crippen MR) is 74.4 cm³/mol. The van der Waals surface area contributed by atoms with E-state index in [1.807, 2.05) is 23.4 Å². The molecule has 1 aromatic rings. The lowest BCUT2D eigenvalue weighted by Gasteiger charge is -2.30. The molecule has 0 saturated carbocycles. The lowest BCUT2D eigenvalue weighted by atomic mass is 10.4. The van der Waals surface area contributed by atoms with E-state index in [0.717, 1.165) is 9.35 Å². The van der Waals surface area contributed by atoms with Crippen molar-refractivity contribution in [1.29, 1.82) is 0 Å². The second-order valence-corrected chi connectivity index (χ2v) is 8.13. The summed E-state index contributed by atoms with van der Waals surface area (Å²) in [5.41, 5.74) is 0. The lowest BCUT2D eigenvalue weighted by Crippen LogP contribution is -2.43. The summed E-state index contributed by atoms with van der Waals surface area (Å²) < 4.78 is 23.8. The Morgan fingerprint density at radius 3 is 3.00 bits per heavy atom. The molecule has 0 amide bonds. The van der Waals surface area contributed by atoms with Gasteiger partial charge >= 0.3 is 0 Å². The van der Waals surface area contributed by atoms with Crippen LogP contribution in [0.2, 0.25) is 0 Å². The minimum atomic E-state index is -2.86. The maximum absolute atomic E-state index is 11.4. The number of nitrogens with zero attached hydrogens (tertiary/aromatic N) is 2. The van der Waals surface area contributed by atoms with Crippen LogP contribution >= 0.6 is 27.3 Å². The first-order valence-electron chi connectivity index (χ1n) is 5.21. The van der Waals surface area contributed by atoms with Crippen LogP contribution in [0.1, 0.15) is 11.8 Å². The van der Waals surface area contributed by atoms with Gasteiger partial charge in [0, 0.05) is 14.7 Å². The smallest absolute Gasteiger partial charge is 0.154 e. The SMILES string of the molecule is CC1CS(=O)(=O)CCN1/N=C/c1cc(Br)cs1. The van der Waals surface area contributed by atoms with Crippen molar-refractivity contribution in [3.05, 3.63) is 20.8 Å². The van der Waals surface area contributed by atoms with Crippen molar-refractivity contribution >= 4 is 43.3 Å². The first kappa shape index (κ1) is 13.0. The molecule has 4 nitrogen and oxygen atoms in total. The summed E-state index contributed by atoms with van der Waals surface area (Å²) in [7, 11) is -2.86. The zero-order valence-electron chi connectivity index (χ0n) is 9.34. The topological polar surface area (TPSA) is 49.7 Å². The molecule has 0 radical (unpaired) electrons. The lowest BCUT2D eigenvalue weighted by molar-refractivity contribution is 0.239. The van der Waals surface area contributed by atoms with Crippen LogP contribution in [0.4, 0.5) is 0 Å². The summed E-state index contributed by atoms with van der Waals surface area (Å²) in [6.07, 6.45) is 1.78. The molecular formula is C10H13BrN2O2S2. The van der Waals surface area contributed by atoms with Crippen LogP contribution in [0.15, 0.2) is 21.0 Å². The highest BCUT2D eigenvalue weighted by molar-refractivity contribution is 9.10. The average molecular weight is 337 g/mol. The van der Waals surface area contributed by atoms with E-state index < -0.39 is 9.84 Å². The Labute approximate surface area is 113 Å². The normalized spacial score (nSPS) is 24.4. The molecule has 7 heteroatoms. The van der Waals surface area contributed by atoms with Crippen molar-refractivity contribution < 1.29 is 8.42 Å². The summed E-state index contributed by atoms with van der Waals surface area (Å²) >= 11 is 4.98. The highest BCUT2D eigenvalue weighted by atomic mass is 79.9. The van der Waals surface area contributed by atoms with Crippen LogP contribution in [-0.2, 0) is 9.84 Å². The molecule has 1 unspecified atom stereocenters. The van der Waals surface area contributed by atoms with E-state index in [-0.39, 0.29) is 17.5 Å². The molecule has 2 heterocycles. The molecule has 1 aliphatic heterocycles. The molecule has 1 atom stereocenters. The Bertz CT molecular complexity index is 524. The predicted octanol–water partition coefficient (Wildman–Crippen LogP) is 1.96. The standard InChI is InChI=1S/C10H13BrN2O2S2/c1-8-7-17(14,15)3-2-13(8)12-5-10-4-9(11)6-16-10/h4-6,8H,2-3,7H2,1H3/b12-5+. The maximum atomic E-state index is 11.4. The van der Waals surface area contributed by atoms with E-state index in [2.05, 4.69) is 21.0 Å². The van der Waals surface area contributed by atoms with Crippen LogP contribution in [-0.4, -0.2) is 43.7 Å². The maximum Gasteiger partial charge on any atom is 0.154 e. The number of hydrogen-bond donors (Lipinski definition) is 0. The van der Waals surface area contributed by atoms with Crippen molar-refractivity contribution in [2.45, 2.75) is 13.0 Å². The van der Waals surface area contributed by atoms with Gasteiger partial charge in [0.25, 0.3) is 0 Å². The van der Waals surface area contributed by atoms with Gasteiger partial charge in [-0.2, -0.15) is 5.10 Å². The van der Waals surface area contributed by atoms with Gasteiger partial charge in [0.2, 0.25) is 0 Å². The van der Waals surface area contributed by atoms with Gasteiger partial charge in [-0.15, -0.1) is 11.3 Å². The van der Waals surface area contributed by atoms with Gasteiger partial charge in [0.05, 0.1) is 30.3 Å².